The number of nitrogens with two attached hydrogens (primary N) is 4. The molecule has 26 nitrogen and oxygen atoms in total. The fraction of sp³-hybridized carbons (Fsp3) is 0.800. The summed E-state index contributed by atoms with van der Waals surface area (Å²) < 4.78 is 0. The topological polar surface area (TPSA) is 436 Å². The molecule has 11 unspecified atom stereocenters. The highest BCUT2D eigenvalue weighted by molar-refractivity contribution is 5.98. The van der Waals surface area contributed by atoms with Gasteiger partial charge in [0.2, 0.25) is 59.1 Å². The zero-order valence-corrected chi connectivity index (χ0v) is 45.9. The first-order valence-corrected chi connectivity index (χ1v) is 27.1. The Kier molecular flexibility index (Phi) is 33.6. The molecule has 1 heterocycles. The zero-order chi connectivity index (χ0) is 57.5. The molecule has 1 rings (SSSR count). The Morgan fingerprint density at radius 2 is 0.987 bits per heavy atom. The molecule has 436 valence electrons. The Morgan fingerprint density at radius 1 is 0.553 bits per heavy atom. The molecule has 0 spiro atoms. The Balaban J connectivity index is 3.78. The lowest BCUT2D eigenvalue weighted by molar-refractivity contribution is -0.136. The lowest BCUT2D eigenvalue weighted by Gasteiger charge is -2.29. The first-order chi connectivity index (χ1) is 35.9. The highest BCUT2D eigenvalue weighted by atomic mass is 16.3. The first kappa shape index (κ1) is 68.5. The first-order valence-electron chi connectivity index (χ1n) is 27.1. The van der Waals surface area contributed by atoms with Gasteiger partial charge in [0.25, 0.3) is 0 Å². The number of nitrogens with one attached hydrogen (secondary N) is 10. The molecule has 1 fully saturated rings. The van der Waals surface area contributed by atoms with Gasteiger partial charge >= 0.3 is 0 Å². The number of rotatable bonds is 27. The molecule has 0 aromatic carbocycles. The Hall–Kier alpha value is -5.54. The van der Waals surface area contributed by atoms with Crippen molar-refractivity contribution in [3.8, 4) is 0 Å². The number of hydrogen-bond donors (Lipinski definition) is 16. The molecule has 26 heteroatoms. The second-order valence-corrected chi connectivity index (χ2v) is 20.5. The van der Waals surface area contributed by atoms with Gasteiger partial charge in [0.1, 0.15) is 54.4 Å². The van der Waals surface area contributed by atoms with Crippen molar-refractivity contribution in [3.05, 3.63) is 0 Å². The van der Waals surface area contributed by atoms with Gasteiger partial charge in [-0.15, -0.1) is 0 Å². The molecule has 1 aliphatic rings. The van der Waals surface area contributed by atoms with Gasteiger partial charge in [0.15, 0.2) is 0 Å². The van der Waals surface area contributed by atoms with E-state index < -0.39 is 139 Å². The summed E-state index contributed by atoms with van der Waals surface area (Å²) in [6.07, 6.45) is 3.02. The van der Waals surface area contributed by atoms with Crippen LogP contribution in [0.5, 0.6) is 0 Å². The molecule has 0 aromatic rings. The number of aliphatic hydroxyl groups is 2. The van der Waals surface area contributed by atoms with Gasteiger partial charge in [0, 0.05) is 13.0 Å². The predicted octanol–water partition coefficient (Wildman–Crippen LogP) is -3.74. The van der Waals surface area contributed by atoms with Crippen LogP contribution in [0.15, 0.2) is 0 Å². The molecule has 0 aromatic heterocycles. The number of unbranched alkanes of at least 4 members (excludes halogenated alkanes) is 6. The minimum Gasteiger partial charge on any atom is -0.391 e. The third-order valence-corrected chi connectivity index (χ3v) is 12.6. The molecule has 0 aliphatic carbocycles. The average molecular weight is 1080 g/mol. The third kappa shape index (κ3) is 26.0. The lowest BCUT2D eigenvalue weighted by Crippen LogP contribution is -2.61. The van der Waals surface area contributed by atoms with Crippen molar-refractivity contribution in [2.75, 3.05) is 32.7 Å². The van der Waals surface area contributed by atoms with Crippen LogP contribution in [-0.2, 0) is 47.9 Å². The van der Waals surface area contributed by atoms with E-state index >= 15 is 0 Å². The number of carbonyl (C=O) groups is 10. The van der Waals surface area contributed by atoms with Gasteiger partial charge in [-0.2, -0.15) is 0 Å². The summed E-state index contributed by atoms with van der Waals surface area (Å²) in [5.74, 6) is -8.79. The van der Waals surface area contributed by atoms with E-state index in [0.717, 1.165) is 38.5 Å². The Bertz CT molecular complexity index is 1860. The minimum absolute atomic E-state index is 0.0680. The molecule has 76 heavy (non-hydrogen) atoms. The summed E-state index contributed by atoms with van der Waals surface area (Å²) in [5.41, 5.74) is 23.4. The lowest BCUT2D eigenvalue weighted by atomic mass is 9.99. The SMILES string of the molecule is CCCCCCCCCC(=O)NC(C(=O)NC(CCN)C(=O)NC1CCNC(=O)C(C(C)O)NC(=O)C(CCN)NC(=O)C(CCN)NC(=O)C(CC(C)C)NC(=O)C(CC(C)C)NC(=O)C(CCN)NC1=O)C(C)O. The third-order valence-electron chi connectivity index (χ3n) is 12.6. The molecule has 1 saturated heterocycles. The summed E-state index contributed by atoms with van der Waals surface area (Å²) in [4.78, 5) is 138. The molecule has 11 atom stereocenters. The van der Waals surface area contributed by atoms with E-state index in [1.165, 1.54) is 13.8 Å². The van der Waals surface area contributed by atoms with Crippen LogP contribution in [0.4, 0.5) is 0 Å². The quantitative estimate of drug-likeness (QED) is 0.0352. The number of aliphatic hydroxyl groups excluding tert-OH is 2. The minimum atomic E-state index is -1.65. The maximum absolute atomic E-state index is 14.3. The van der Waals surface area contributed by atoms with Crippen molar-refractivity contribution >= 4 is 59.1 Å². The van der Waals surface area contributed by atoms with Crippen molar-refractivity contribution in [2.45, 2.75) is 211 Å². The van der Waals surface area contributed by atoms with Crippen LogP contribution < -0.4 is 76.1 Å². The monoisotopic (exact) mass is 1080 g/mol. The van der Waals surface area contributed by atoms with Crippen LogP contribution in [0.2, 0.25) is 0 Å². The van der Waals surface area contributed by atoms with Crippen LogP contribution >= 0.6 is 0 Å². The highest BCUT2D eigenvalue weighted by Crippen LogP contribution is 2.13. The van der Waals surface area contributed by atoms with E-state index in [-0.39, 0.29) is 83.0 Å². The van der Waals surface area contributed by atoms with Crippen LogP contribution in [0.25, 0.3) is 0 Å². The maximum atomic E-state index is 14.3. The van der Waals surface area contributed by atoms with E-state index in [2.05, 4.69) is 60.1 Å². The molecule has 0 bridgehead atoms. The largest absolute Gasteiger partial charge is 0.391 e. The molecule has 20 N–H and O–H groups in total. The van der Waals surface area contributed by atoms with E-state index in [0.29, 0.717) is 6.42 Å². The fourth-order valence-electron chi connectivity index (χ4n) is 8.31. The molecule has 1 aliphatic heterocycles. The molecule has 10 amide bonds. The van der Waals surface area contributed by atoms with Gasteiger partial charge in [-0.1, -0.05) is 73.1 Å². The Labute approximate surface area is 448 Å². The van der Waals surface area contributed by atoms with Crippen molar-refractivity contribution < 1.29 is 58.2 Å². The molecule has 0 radical (unpaired) electrons. The second-order valence-electron chi connectivity index (χ2n) is 20.5. The molecular formula is C50H94N14O12. The standard InChI is InChI=1S/C50H94N14O12/c1-8-9-10-11-12-13-14-15-39(67)63-41(31(7)66)50(76)60-34(18-23-53)43(69)59-36-20-25-55-49(75)40(30(6)65)64-46(72)35(19-24-54)57-42(68)32(16-21-51)58-47(73)37(26-28(2)3)62-48(74)38(27-29(4)5)61-44(70)33(17-22-52)56-45(36)71/h28-38,40-41,65-66H,8-27,51-54H2,1-7H3,(H,55,75)(H,56,71)(H,57,68)(H,58,73)(H,59,69)(H,60,76)(H,61,70)(H,62,74)(H,63,67)(H,64,72). The summed E-state index contributed by atoms with van der Waals surface area (Å²) in [7, 11) is 0. The van der Waals surface area contributed by atoms with E-state index in [1.807, 2.05) is 0 Å². The predicted molar refractivity (Wildman–Crippen MR) is 285 cm³/mol. The molecule has 0 saturated carbocycles. The van der Waals surface area contributed by atoms with Crippen LogP contribution in [-0.4, -0.2) is 169 Å². The van der Waals surface area contributed by atoms with Crippen LogP contribution in [0.3, 0.4) is 0 Å². The number of hydrogen-bond acceptors (Lipinski definition) is 16. The van der Waals surface area contributed by atoms with E-state index in [4.69, 9.17) is 22.9 Å². The molecular weight excluding hydrogens is 989 g/mol. The maximum Gasteiger partial charge on any atom is 0.245 e. The fourth-order valence-corrected chi connectivity index (χ4v) is 8.31. The normalized spacial score (nSPS) is 23.6. The van der Waals surface area contributed by atoms with E-state index in [1.54, 1.807) is 27.7 Å². The summed E-state index contributed by atoms with van der Waals surface area (Å²) in [6.45, 7) is 10.9. The van der Waals surface area contributed by atoms with Crippen molar-refractivity contribution in [2.24, 2.45) is 34.8 Å². The van der Waals surface area contributed by atoms with Crippen molar-refractivity contribution in [1.82, 2.24) is 53.2 Å². The van der Waals surface area contributed by atoms with E-state index in [9.17, 15) is 58.2 Å². The number of amides is 10. The van der Waals surface area contributed by atoms with Crippen LogP contribution in [0.1, 0.15) is 145 Å². The van der Waals surface area contributed by atoms with Gasteiger partial charge in [-0.25, -0.2) is 0 Å². The second kappa shape index (κ2) is 37.3. The summed E-state index contributed by atoms with van der Waals surface area (Å²) >= 11 is 0. The Morgan fingerprint density at radius 3 is 1.42 bits per heavy atom. The van der Waals surface area contributed by atoms with Crippen molar-refractivity contribution in [3.63, 3.8) is 0 Å². The summed E-state index contributed by atoms with van der Waals surface area (Å²) in [5, 5.41) is 46.9. The smallest absolute Gasteiger partial charge is 0.245 e. The number of carbonyl (C=O) groups excluding carboxylic acids is 10. The average Bonchev–Trinajstić information content (AvgIpc) is 3.34. The summed E-state index contributed by atoms with van der Waals surface area (Å²) in [6, 6.07) is -12.8. The van der Waals surface area contributed by atoms with Gasteiger partial charge in [0.05, 0.1) is 12.2 Å². The van der Waals surface area contributed by atoms with Crippen LogP contribution in [0, 0.1) is 11.8 Å². The van der Waals surface area contributed by atoms with Gasteiger partial charge < -0.3 is 86.3 Å². The van der Waals surface area contributed by atoms with Gasteiger partial charge in [-0.3, -0.25) is 47.9 Å². The van der Waals surface area contributed by atoms with Gasteiger partial charge in [-0.05, 0) is 103 Å². The van der Waals surface area contributed by atoms with Crippen molar-refractivity contribution in [1.29, 1.82) is 0 Å². The zero-order valence-electron chi connectivity index (χ0n) is 45.9. The highest BCUT2D eigenvalue weighted by Gasteiger charge is 2.37.